The van der Waals surface area contributed by atoms with Gasteiger partial charge in [-0.2, -0.15) is 4.98 Å². The van der Waals surface area contributed by atoms with E-state index in [2.05, 4.69) is 10.5 Å². The van der Waals surface area contributed by atoms with Crippen molar-refractivity contribution in [3.8, 4) is 23.3 Å². The minimum atomic E-state index is -0.636. The first kappa shape index (κ1) is 26.1. The fourth-order valence-corrected chi connectivity index (χ4v) is 4.21. The Balaban J connectivity index is 1.81. The highest BCUT2D eigenvalue weighted by molar-refractivity contribution is 5.91. The van der Waals surface area contributed by atoms with Crippen LogP contribution in [0.2, 0.25) is 0 Å². The first-order chi connectivity index (χ1) is 16.9. The summed E-state index contributed by atoms with van der Waals surface area (Å²) >= 11 is 0. The van der Waals surface area contributed by atoms with Gasteiger partial charge >= 0.3 is 11.9 Å². The van der Waals surface area contributed by atoms with Crippen molar-refractivity contribution in [3.63, 3.8) is 0 Å². The Kier molecular flexibility index (Phi) is 9.13. The van der Waals surface area contributed by atoms with Crippen molar-refractivity contribution in [1.29, 1.82) is 0 Å². The van der Waals surface area contributed by atoms with Crippen LogP contribution in [0.4, 0.5) is 0 Å². The smallest absolute Gasteiger partial charge is 0.362 e. The molecule has 1 saturated carbocycles. The van der Waals surface area contributed by atoms with Gasteiger partial charge in [0.2, 0.25) is 11.8 Å². The van der Waals surface area contributed by atoms with Crippen LogP contribution in [0.25, 0.3) is 0 Å². The summed E-state index contributed by atoms with van der Waals surface area (Å²) in [4.78, 5) is 33.9. The third-order valence-corrected chi connectivity index (χ3v) is 5.81. The number of rotatable bonds is 10. The molecule has 1 fully saturated rings. The number of carbonyl (C=O) groups excluding carboxylic acids is 2. The lowest BCUT2D eigenvalue weighted by Crippen LogP contribution is -2.42. The third kappa shape index (κ3) is 6.54. The van der Waals surface area contributed by atoms with Crippen molar-refractivity contribution in [2.45, 2.75) is 51.2 Å². The highest BCUT2D eigenvalue weighted by Gasteiger charge is 2.35. The summed E-state index contributed by atoms with van der Waals surface area (Å²) in [5.41, 5.74) is 4.03. The number of hydrogen-bond acceptors (Lipinski definition) is 10. The topological polar surface area (TPSA) is 114 Å². The van der Waals surface area contributed by atoms with E-state index in [1.54, 1.807) is 13.2 Å². The van der Waals surface area contributed by atoms with Crippen molar-refractivity contribution < 1.29 is 38.1 Å². The molecule has 0 radical (unpaired) electrons. The summed E-state index contributed by atoms with van der Waals surface area (Å²) < 4.78 is 26.9. The Bertz CT molecular complexity index is 1030. The normalized spacial score (nSPS) is 19.4. The number of nitrogens with zero attached hydrogens (tertiary/aromatic N) is 1. The number of esters is 1. The molecule has 1 heterocycles. The van der Waals surface area contributed by atoms with Gasteiger partial charge in [0.15, 0.2) is 11.5 Å². The van der Waals surface area contributed by atoms with Crippen LogP contribution in [-0.2, 0) is 14.4 Å². The summed E-state index contributed by atoms with van der Waals surface area (Å²) in [6, 6.07) is 8.55. The molecular weight excluding hydrogens is 456 g/mol. The third-order valence-electron chi connectivity index (χ3n) is 5.81. The molecule has 3 rings (SSSR count). The molecule has 1 aliphatic rings. The summed E-state index contributed by atoms with van der Waals surface area (Å²) in [5, 5.41) is 0. The highest BCUT2D eigenvalue weighted by atomic mass is 16.7. The van der Waals surface area contributed by atoms with Crippen LogP contribution in [0.15, 0.2) is 30.3 Å². The van der Waals surface area contributed by atoms with Gasteiger partial charge in [-0.25, -0.2) is 4.79 Å². The Morgan fingerprint density at radius 2 is 1.83 bits per heavy atom. The van der Waals surface area contributed by atoms with E-state index in [-0.39, 0.29) is 35.5 Å². The van der Waals surface area contributed by atoms with Gasteiger partial charge in [0.05, 0.1) is 34.0 Å². The number of carbonyl (C=O) groups is 2. The molecule has 1 aliphatic carbocycles. The first-order valence-electron chi connectivity index (χ1n) is 11.4. The molecule has 10 heteroatoms. The molecule has 2 aromatic rings. The van der Waals surface area contributed by atoms with Gasteiger partial charge < -0.3 is 28.5 Å². The molecule has 1 aromatic heterocycles. The SMILES string of the molecule is CCOc1cc(C2CC(OC(C)=O)CCC2NOC(=O)c2ccc(OC)nc2OC)ccc1OC. The number of ether oxygens (including phenoxy) is 5. The molecule has 0 spiro atoms. The van der Waals surface area contributed by atoms with Gasteiger partial charge in [0, 0.05) is 18.9 Å². The second-order valence-corrected chi connectivity index (χ2v) is 8.02. The van der Waals surface area contributed by atoms with E-state index in [9.17, 15) is 9.59 Å². The van der Waals surface area contributed by atoms with Crippen LogP contribution in [0.5, 0.6) is 23.3 Å². The molecule has 0 aliphatic heterocycles. The van der Waals surface area contributed by atoms with E-state index >= 15 is 0 Å². The van der Waals surface area contributed by atoms with Crippen molar-refractivity contribution in [2.24, 2.45) is 0 Å². The molecule has 1 N–H and O–H groups in total. The van der Waals surface area contributed by atoms with Crippen molar-refractivity contribution in [2.75, 3.05) is 27.9 Å². The first-order valence-corrected chi connectivity index (χ1v) is 11.4. The number of pyridine rings is 1. The summed E-state index contributed by atoms with van der Waals surface area (Å²) in [6.07, 6.45) is 1.56. The Morgan fingerprint density at radius 1 is 1.03 bits per heavy atom. The van der Waals surface area contributed by atoms with Crippen molar-refractivity contribution in [1.82, 2.24) is 10.5 Å². The van der Waals surface area contributed by atoms with Crippen LogP contribution in [0.3, 0.4) is 0 Å². The number of methoxy groups -OCH3 is 3. The number of aromatic nitrogens is 1. The zero-order chi connectivity index (χ0) is 25.4. The monoisotopic (exact) mass is 488 g/mol. The molecule has 35 heavy (non-hydrogen) atoms. The van der Waals surface area contributed by atoms with Crippen LogP contribution >= 0.6 is 0 Å². The second-order valence-electron chi connectivity index (χ2n) is 8.02. The minimum absolute atomic E-state index is 0.0998. The molecule has 1 aromatic carbocycles. The largest absolute Gasteiger partial charge is 0.493 e. The van der Waals surface area contributed by atoms with E-state index in [0.717, 1.165) is 5.56 Å². The van der Waals surface area contributed by atoms with E-state index < -0.39 is 5.97 Å². The lowest BCUT2D eigenvalue weighted by molar-refractivity contribution is -0.148. The maximum absolute atomic E-state index is 12.8. The summed E-state index contributed by atoms with van der Waals surface area (Å²) in [7, 11) is 4.47. The Morgan fingerprint density at radius 3 is 2.49 bits per heavy atom. The van der Waals surface area contributed by atoms with Gasteiger partial charge in [-0.05, 0) is 49.9 Å². The highest BCUT2D eigenvalue weighted by Crippen LogP contribution is 2.39. The molecule has 3 atom stereocenters. The van der Waals surface area contributed by atoms with Gasteiger partial charge in [0.25, 0.3) is 0 Å². The van der Waals surface area contributed by atoms with E-state index in [1.165, 1.54) is 27.2 Å². The maximum atomic E-state index is 12.8. The van der Waals surface area contributed by atoms with E-state index in [1.807, 2.05) is 25.1 Å². The molecule has 10 nitrogen and oxygen atoms in total. The standard InChI is InChI=1S/C25H32N2O8/c1-6-33-22-13-16(7-11-21(22)30-3)19-14-17(34-15(2)28)8-10-20(19)27-35-25(29)18-9-12-23(31-4)26-24(18)32-5/h7,9,11-13,17,19-20,27H,6,8,10,14H2,1-5H3. The predicted molar refractivity (Wildman–Crippen MR) is 126 cm³/mol. The fraction of sp³-hybridized carbons (Fsp3) is 0.480. The van der Waals surface area contributed by atoms with Crippen LogP contribution in [0, 0.1) is 0 Å². The molecular formula is C25H32N2O8. The van der Waals surface area contributed by atoms with Gasteiger partial charge in [-0.1, -0.05) is 6.07 Å². The zero-order valence-corrected chi connectivity index (χ0v) is 20.7. The van der Waals surface area contributed by atoms with E-state index in [4.69, 9.17) is 28.5 Å². The summed E-state index contributed by atoms with van der Waals surface area (Å²) in [6.45, 7) is 3.78. The van der Waals surface area contributed by atoms with Crippen molar-refractivity contribution in [3.05, 3.63) is 41.5 Å². The average Bonchev–Trinajstić information content (AvgIpc) is 2.87. The molecule has 0 bridgehead atoms. The quantitative estimate of drug-likeness (QED) is 0.394. The molecule has 3 unspecified atom stereocenters. The molecule has 0 amide bonds. The molecule has 0 saturated heterocycles. The maximum Gasteiger partial charge on any atom is 0.362 e. The number of benzene rings is 1. The van der Waals surface area contributed by atoms with Gasteiger partial charge in [0.1, 0.15) is 11.7 Å². The average molecular weight is 489 g/mol. The second kappa shape index (κ2) is 12.3. The predicted octanol–water partition coefficient (Wildman–Crippen LogP) is 3.44. The Hall–Kier alpha value is -3.53. The summed E-state index contributed by atoms with van der Waals surface area (Å²) in [5.74, 6) is 0.576. The van der Waals surface area contributed by atoms with Crippen LogP contribution in [-0.4, -0.2) is 57.0 Å². The molecule has 190 valence electrons. The van der Waals surface area contributed by atoms with Crippen LogP contribution in [0.1, 0.15) is 54.9 Å². The van der Waals surface area contributed by atoms with E-state index in [0.29, 0.717) is 43.2 Å². The lowest BCUT2D eigenvalue weighted by Gasteiger charge is -2.36. The van der Waals surface area contributed by atoms with Crippen molar-refractivity contribution >= 4 is 11.9 Å². The number of hydroxylamine groups is 1. The number of hydrogen-bond donors (Lipinski definition) is 1. The zero-order valence-electron chi connectivity index (χ0n) is 20.7. The number of nitrogens with one attached hydrogen (secondary N) is 1. The minimum Gasteiger partial charge on any atom is -0.493 e. The van der Waals surface area contributed by atoms with Crippen LogP contribution < -0.4 is 24.4 Å². The fourth-order valence-electron chi connectivity index (χ4n) is 4.21. The Labute approximate surface area is 204 Å². The lowest BCUT2D eigenvalue weighted by atomic mass is 9.79. The van der Waals surface area contributed by atoms with Gasteiger partial charge in [-0.3, -0.25) is 4.79 Å². The van der Waals surface area contributed by atoms with Gasteiger partial charge in [-0.15, -0.1) is 5.48 Å².